The fraction of sp³-hybridized carbons (Fsp3) is 0.154. The van der Waals surface area contributed by atoms with Crippen molar-refractivity contribution in [2.45, 2.75) is 13.8 Å². The van der Waals surface area contributed by atoms with Gasteiger partial charge in [0, 0.05) is 17.6 Å². The smallest absolute Gasteiger partial charge is 0.354 e. The van der Waals surface area contributed by atoms with Crippen LogP contribution in [0.15, 0.2) is 30.5 Å². The van der Waals surface area contributed by atoms with E-state index in [1.54, 1.807) is 19.2 Å². The Balaban J connectivity index is 2.56. The zero-order chi connectivity index (χ0) is 12.4. The van der Waals surface area contributed by atoms with Crippen molar-refractivity contribution in [2.24, 2.45) is 0 Å². The zero-order valence-corrected chi connectivity index (χ0v) is 9.64. The topological polar surface area (TPSA) is 63.1 Å². The molecule has 0 aliphatic rings. The monoisotopic (exact) mass is 228 g/mol. The standard InChI is InChI=1S/C13H12N2O2/c1-8-5-10(3-4-14-8)11-6-9(2)15-12(7-11)13(16)17/h3-7H,1-2H3,(H,16,17). The number of carboxylic acids is 1. The van der Waals surface area contributed by atoms with E-state index >= 15 is 0 Å². The van der Waals surface area contributed by atoms with Gasteiger partial charge in [0.15, 0.2) is 0 Å². The first-order chi connectivity index (χ1) is 8.06. The number of pyridine rings is 2. The molecule has 0 bridgehead atoms. The Labute approximate surface area is 99.0 Å². The Morgan fingerprint density at radius 3 is 2.47 bits per heavy atom. The van der Waals surface area contributed by atoms with E-state index in [0.29, 0.717) is 5.69 Å². The Morgan fingerprint density at radius 1 is 1.12 bits per heavy atom. The Morgan fingerprint density at radius 2 is 1.82 bits per heavy atom. The average molecular weight is 228 g/mol. The summed E-state index contributed by atoms with van der Waals surface area (Å²) < 4.78 is 0. The molecule has 0 saturated heterocycles. The molecule has 0 saturated carbocycles. The molecule has 0 aliphatic heterocycles. The molecule has 0 radical (unpaired) electrons. The predicted molar refractivity (Wildman–Crippen MR) is 63.9 cm³/mol. The van der Waals surface area contributed by atoms with Gasteiger partial charge in [0.25, 0.3) is 0 Å². The Kier molecular flexibility index (Phi) is 2.87. The predicted octanol–water partition coefficient (Wildman–Crippen LogP) is 2.46. The number of rotatable bonds is 2. The highest BCUT2D eigenvalue weighted by Crippen LogP contribution is 2.21. The van der Waals surface area contributed by atoms with Gasteiger partial charge in [0.05, 0.1) is 0 Å². The van der Waals surface area contributed by atoms with E-state index in [4.69, 9.17) is 5.11 Å². The first kappa shape index (κ1) is 11.3. The van der Waals surface area contributed by atoms with Crippen LogP contribution in [0, 0.1) is 13.8 Å². The lowest BCUT2D eigenvalue weighted by molar-refractivity contribution is 0.0690. The van der Waals surface area contributed by atoms with Crippen LogP contribution in [0.1, 0.15) is 21.9 Å². The summed E-state index contributed by atoms with van der Waals surface area (Å²) in [7, 11) is 0. The molecule has 0 unspecified atom stereocenters. The minimum Gasteiger partial charge on any atom is -0.477 e. The van der Waals surface area contributed by atoms with E-state index in [9.17, 15) is 4.79 Å². The van der Waals surface area contributed by atoms with Crippen molar-refractivity contribution in [3.8, 4) is 11.1 Å². The van der Waals surface area contributed by atoms with Gasteiger partial charge in [-0.2, -0.15) is 0 Å². The molecular formula is C13H12N2O2. The normalized spacial score (nSPS) is 10.2. The molecular weight excluding hydrogens is 216 g/mol. The summed E-state index contributed by atoms with van der Waals surface area (Å²) in [5, 5.41) is 8.96. The van der Waals surface area contributed by atoms with E-state index < -0.39 is 5.97 Å². The fourth-order valence-electron chi connectivity index (χ4n) is 1.67. The van der Waals surface area contributed by atoms with Crippen molar-refractivity contribution in [1.29, 1.82) is 0 Å². The number of hydrogen-bond donors (Lipinski definition) is 1. The van der Waals surface area contributed by atoms with Crippen LogP contribution < -0.4 is 0 Å². The Hall–Kier alpha value is -2.23. The highest BCUT2D eigenvalue weighted by atomic mass is 16.4. The molecule has 0 fully saturated rings. The summed E-state index contributed by atoms with van der Waals surface area (Å²) >= 11 is 0. The van der Waals surface area contributed by atoms with E-state index in [0.717, 1.165) is 16.8 Å². The van der Waals surface area contributed by atoms with E-state index in [1.807, 2.05) is 25.1 Å². The molecule has 4 nitrogen and oxygen atoms in total. The number of hydrogen-bond acceptors (Lipinski definition) is 3. The molecule has 0 amide bonds. The second kappa shape index (κ2) is 4.33. The largest absolute Gasteiger partial charge is 0.477 e. The summed E-state index contributed by atoms with van der Waals surface area (Å²) in [5.41, 5.74) is 3.45. The summed E-state index contributed by atoms with van der Waals surface area (Å²) in [5.74, 6) is -1.01. The van der Waals surface area contributed by atoms with Gasteiger partial charge in [-0.05, 0) is 49.2 Å². The quantitative estimate of drug-likeness (QED) is 0.857. The van der Waals surface area contributed by atoms with Crippen molar-refractivity contribution in [3.05, 3.63) is 47.5 Å². The molecule has 2 aromatic rings. The van der Waals surface area contributed by atoms with Gasteiger partial charge >= 0.3 is 5.97 Å². The number of carboxylic acid groups (broad SMARTS) is 1. The summed E-state index contributed by atoms with van der Waals surface area (Å²) in [6.07, 6.45) is 1.71. The minimum atomic E-state index is -1.01. The van der Waals surface area contributed by atoms with Crippen LogP contribution in [0.5, 0.6) is 0 Å². The average Bonchev–Trinajstić information content (AvgIpc) is 2.28. The van der Waals surface area contributed by atoms with Crippen molar-refractivity contribution in [2.75, 3.05) is 0 Å². The maximum Gasteiger partial charge on any atom is 0.354 e. The third-order valence-corrected chi connectivity index (χ3v) is 2.40. The first-order valence-electron chi connectivity index (χ1n) is 5.21. The van der Waals surface area contributed by atoms with Gasteiger partial charge in [-0.3, -0.25) is 4.98 Å². The molecule has 2 aromatic heterocycles. The van der Waals surface area contributed by atoms with Gasteiger partial charge in [-0.25, -0.2) is 9.78 Å². The van der Waals surface area contributed by atoms with Crippen LogP contribution in [0.4, 0.5) is 0 Å². The van der Waals surface area contributed by atoms with E-state index in [-0.39, 0.29) is 5.69 Å². The number of aromatic carboxylic acids is 1. The molecule has 0 atom stereocenters. The van der Waals surface area contributed by atoms with E-state index in [2.05, 4.69) is 9.97 Å². The van der Waals surface area contributed by atoms with Crippen LogP contribution in [0.3, 0.4) is 0 Å². The molecule has 2 heterocycles. The maximum absolute atomic E-state index is 10.9. The van der Waals surface area contributed by atoms with Gasteiger partial charge < -0.3 is 5.11 Å². The lowest BCUT2D eigenvalue weighted by Gasteiger charge is -2.05. The van der Waals surface area contributed by atoms with Crippen LogP contribution >= 0.6 is 0 Å². The third kappa shape index (κ3) is 2.47. The SMILES string of the molecule is Cc1cc(-c2cc(C)nc(C(=O)O)c2)ccn1. The van der Waals surface area contributed by atoms with Crippen LogP contribution in [-0.2, 0) is 0 Å². The van der Waals surface area contributed by atoms with E-state index in [1.165, 1.54) is 0 Å². The summed E-state index contributed by atoms with van der Waals surface area (Å²) in [6, 6.07) is 7.21. The van der Waals surface area contributed by atoms with Gasteiger partial charge in [-0.1, -0.05) is 0 Å². The number of aromatic nitrogens is 2. The first-order valence-corrected chi connectivity index (χ1v) is 5.21. The lowest BCUT2D eigenvalue weighted by atomic mass is 10.1. The van der Waals surface area contributed by atoms with Crippen LogP contribution in [0.25, 0.3) is 11.1 Å². The molecule has 2 rings (SSSR count). The molecule has 0 aliphatic carbocycles. The van der Waals surface area contributed by atoms with Crippen molar-refractivity contribution in [1.82, 2.24) is 9.97 Å². The van der Waals surface area contributed by atoms with Gasteiger partial charge in [0.1, 0.15) is 5.69 Å². The lowest BCUT2D eigenvalue weighted by Crippen LogP contribution is -2.01. The Bertz CT molecular complexity index is 579. The van der Waals surface area contributed by atoms with Crippen molar-refractivity contribution in [3.63, 3.8) is 0 Å². The highest BCUT2D eigenvalue weighted by molar-refractivity contribution is 5.87. The second-order valence-corrected chi connectivity index (χ2v) is 3.87. The zero-order valence-electron chi connectivity index (χ0n) is 9.64. The molecule has 86 valence electrons. The molecule has 0 aromatic carbocycles. The minimum absolute atomic E-state index is 0.0643. The van der Waals surface area contributed by atoms with Crippen LogP contribution in [-0.4, -0.2) is 21.0 Å². The molecule has 1 N–H and O–H groups in total. The van der Waals surface area contributed by atoms with Crippen molar-refractivity contribution >= 4 is 5.97 Å². The van der Waals surface area contributed by atoms with Crippen LogP contribution in [0.2, 0.25) is 0 Å². The number of aryl methyl sites for hydroxylation is 2. The number of carbonyl (C=O) groups is 1. The number of nitrogens with zero attached hydrogens (tertiary/aromatic N) is 2. The van der Waals surface area contributed by atoms with Gasteiger partial charge in [-0.15, -0.1) is 0 Å². The second-order valence-electron chi connectivity index (χ2n) is 3.87. The summed E-state index contributed by atoms with van der Waals surface area (Å²) in [4.78, 5) is 19.0. The molecule has 17 heavy (non-hydrogen) atoms. The fourth-order valence-corrected chi connectivity index (χ4v) is 1.67. The highest BCUT2D eigenvalue weighted by Gasteiger charge is 2.08. The maximum atomic E-state index is 10.9. The molecule has 4 heteroatoms. The summed E-state index contributed by atoms with van der Waals surface area (Å²) in [6.45, 7) is 3.68. The van der Waals surface area contributed by atoms with Crippen molar-refractivity contribution < 1.29 is 9.90 Å². The third-order valence-electron chi connectivity index (χ3n) is 2.40. The van der Waals surface area contributed by atoms with Gasteiger partial charge in [0.2, 0.25) is 0 Å². The molecule has 0 spiro atoms.